The van der Waals surface area contributed by atoms with E-state index in [1.807, 2.05) is 0 Å². The molecule has 0 heterocycles. The van der Waals surface area contributed by atoms with Crippen LogP contribution in [0.25, 0.3) is 0 Å². The molecular formula is C15H22N2O6. The van der Waals surface area contributed by atoms with Crippen molar-refractivity contribution < 1.29 is 28.5 Å². The summed E-state index contributed by atoms with van der Waals surface area (Å²) in [6.45, 7) is 2.22. The van der Waals surface area contributed by atoms with E-state index in [0.717, 1.165) is 0 Å². The van der Waals surface area contributed by atoms with Gasteiger partial charge in [0.1, 0.15) is 0 Å². The number of rotatable bonds is 8. The van der Waals surface area contributed by atoms with Crippen molar-refractivity contribution in [3.05, 3.63) is 12.1 Å². The van der Waals surface area contributed by atoms with Crippen LogP contribution in [-0.2, 0) is 9.53 Å². The molecule has 0 aromatic heterocycles. The number of anilines is 1. The van der Waals surface area contributed by atoms with Crippen molar-refractivity contribution in [2.75, 3.05) is 39.8 Å². The van der Waals surface area contributed by atoms with Crippen molar-refractivity contribution in [3.8, 4) is 17.2 Å². The van der Waals surface area contributed by atoms with E-state index in [2.05, 4.69) is 10.6 Å². The first-order valence-electron chi connectivity index (χ1n) is 7.06. The summed E-state index contributed by atoms with van der Waals surface area (Å²) in [5.41, 5.74) is 0.466. The molecule has 0 fully saturated rings. The van der Waals surface area contributed by atoms with Gasteiger partial charge in [0.15, 0.2) is 11.5 Å². The van der Waals surface area contributed by atoms with E-state index in [0.29, 0.717) is 29.5 Å². The molecule has 0 saturated carbocycles. The summed E-state index contributed by atoms with van der Waals surface area (Å²) in [6, 6.07) is 2.75. The van der Waals surface area contributed by atoms with Gasteiger partial charge in [-0.2, -0.15) is 0 Å². The number of amides is 2. The third-order valence-electron chi connectivity index (χ3n) is 2.84. The predicted molar refractivity (Wildman–Crippen MR) is 84.4 cm³/mol. The smallest absolute Gasteiger partial charge is 0.319 e. The van der Waals surface area contributed by atoms with Gasteiger partial charge in [0, 0.05) is 18.7 Å². The quantitative estimate of drug-likeness (QED) is 0.707. The van der Waals surface area contributed by atoms with Crippen molar-refractivity contribution in [2.24, 2.45) is 0 Å². The maximum absolute atomic E-state index is 11.8. The zero-order valence-electron chi connectivity index (χ0n) is 13.7. The molecule has 0 saturated heterocycles. The number of urea groups is 1. The van der Waals surface area contributed by atoms with Crippen LogP contribution < -0.4 is 24.8 Å². The highest BCUT2D eigenvalue weighted by Gasteiger charge is 2.14. The fourth-order valence-electron chi connectivity index (χ4n) is 1.84. The molecule has 0 aliphatic carbocycles. The topological polar surface area (TPSA) is 95.1 Å². The minimum atomic E-state index is -0.455. The Kier molecular flexibility index (Phi) is 7.52. The summed E-state index contributed by atoms with van der Waals surface area (Å²) in [4.78, 5) is 23.0. The zero-order valence-corrected chi connectivity index (χ0v) is 13.7. The number of carbonyl (C=O) groups is 2. The Balaban J connectivity index is 2.66. The number of ether oxygens (including phenoxy) is 4. The fourth-order valence-corrected chi connectivity index (χ4v) is 1.84. The zero-order chi connectivity index (χ0) is 17.2. The van der Waals surface area contributed by atoms with Gasteiger partial charge < -0.3 is 29.6 Å². The molecule has 0 spiro atoms. The van der Waals surface area contributed by atoms with Crippen molar-refractivity contribution in [3.63, 3.8) is 0 Å². The van der Waals surface area contributed by atoms with Gasteiger partial charge in [0.05, 0.1) is 40.0 Å². The molecule has 2 N–H and O–H groups in total. The molecule has 1 aromatic rings. The molecule has 0 atom stereocenters. The average molecular weight is 326 g/mol. The highest BCUT2D eigenvalue weighted by molar-refractivity contribution is 5.90. The Bertz CT molecular complexity index is 522. The molecule has 128 valence electrons. The Morgan fingerprint density at radius 2 is 1.65 bits per heavy atom. The lowest BCUT2D eigenvalue weighted by atomic mass is 10.2. The molecule has 0 unspecified atom stereocenters. The van der Waals surface area contributed by atoms with Gasteiger partial charge in [-0.25, -0.2) is 4.79 Å². The van der Waals surface area contributed by atoms with E-state index in [-0.39, 0.29) is 18.9 Å². The molecule has 0 aliphatic rings. The summed E-state index contributed by atoms with van der Waals surface area (Å²) in [6.07, 6.45) is 0.108. The molecule has 8 nitrogen and oxygen atoms in total. The van der Waals surface area contributed by atoms with E-state index >= 15 is 0 Å². The lowest BCUT2D eigenvalue weighted by Crippen LogP contribution is -2.30. The van der Waals surface area contributed by atoms with E-state index in [9.17, 15) is 9.59 Å². The number of nitrogens with one attached hydrogen (secondary N) is 2. The third-order valence-corrected chi connectivity index (χ3v) is 2.84. The van der Waals surface area contributed by atoms with Crippen LogP contribution in [0.1, 0.15) is 13.3 Å². The van der Waals surface area contributed by atoms with Gasteiger partial charge in [0.2, 0.25) is 5.75 Å². The number of methoxy groups -OCH3 is 3. The maximum atomic E-state index is 11.8. The molecule has 0 radical (unpaired) electrons. The van der Waals surface area contributed by atoms with Crippen LogP contribution >= 0.6 is 0 Å². The van der Waals surface area contributed by atoms with E-state index in [1.54, 1.807) is 19.1 Å². The van der Waals surface area contributed by atoms with Gasteiger partial charge in [-0.3, -0.25) is 4.79 Å². The summed E-state index contributed by atoms with van der Waals surface area (Å²) in [5, 5.41) is 5.19. The van der Waals surface area contributed by atoms with Crippen LogP contribution in [0.2, 0.25) is 0 Å². The second kappa shape index (κ2) is 9.39. The SMILES string of the molecule is CCOC(=O)CCNC(=O)Nc1cc(OC)c(OC)c(OC)c1. The number of carbonyl (C=O) groups excluding carboxylic acids is 2. The average Bonchev–Trinajstić information content (AvgIpc) is 2.54. The number of hydrogen-bond acceptors (Lipinski definition) is 6. The first kappa shape index (κ1) is 18.4. The van der Waals surface area contributed by atoms with Crippen molar-refractivity contribution in [1.29, 1.82) is 0 Å². The van der Waals surface area contributed by atoms with E-state index in [4.69, 9.17) is 18.9 Å². The van der Waals surface area contributed by atoms with Crippen LogP contribution in [0, 0.1) is 0 Å². The molecule has 0 bridgehead atoms. The number of benzene rings is 1. The summed E-state index contributed by atoms with van der Waals surface area (Å²) < 4.78 is 20.4. The molecular weight excluding hydrogens is 304 g/mol. The molecule has 2 amide bonds. The van der Waals surface area contributed by atoms with Crippen LogP contribution in [0.15, 0.2) is 12.1 Å². The Labute approximate surface area is 135 Å². The second-order valence-corrected chi connectivity index (χ2v) is 4.35. The predicted octanol–water partition coefficient (Wildman–Crippen LogP) is 1.79. The highest BCUT2D eigenvalue weighted by Crippen LogP contribution is 2.39. The Morgan fingerprint density at radius 1 is 1.04 bits per heavy atom. The first-order chi connectivity index (χ1) is 11.0. The molecule has 8 heteroatoms. The number of esters is 1. The lowest BCUT2D eigenvalue weighted by molar-refractivity contribution is -0.142. The van der Waals surface area contributed by atoms with Gasteiger partial charge in [-0.1, -0.05) is 0 Å². The standard InChI is InChI=1S/C15H22N2O6/c1-5-23-13(18)6-7-16-15(19)17-10-8-11(20-2)14(22-4)12(9-10)21-3/h8-9H,5-7H2,1-4H3,(H2,16,17,19). The maximum Gasteiger partial charge on any atom is 0.319 e. The van der Waals surface area contributed by atoms with Gasteiger partial charge in [0.25, 0.3) is 0 Å². The van der Waals surface area contributed by atoms with Gasteiger partial charge in [-0.05, 0) is 6.92 Å². The summed E-state index contributed by atoms with van der Waals surface area (Å²) in [5.74, 6) is 0.922. The van der Waals surface area contributed by atoms with Crippen LogP contribution in [-0.4, -0.2) is 46.5 Å². The van der Waals surface area contributed by atoms with Crippen molar-refractivity contribution in [1.82, 2.24) is 5.32 Å². The second-order valence-electron chi connectivity index (χ2n) is 4.35. The van der Waals surface area contributed by atoms with Crippen molar-refractivity contribution >= 4 is 17.7 Å². The van der Waals surface area contributed by atoms with Crippen LogP contribution in [0.5, 0.6) is 17.2 Å². The minimum absolute atomic E-state index is 0.108. The first-order valence-corrected chi connectivity index (χ1v) is 7.06. The number of hydrogen-bond donors (Lipinski definition) is 2. The van der Waals surface area contributed by atoms with Gasteiger partial charge >= 0.3 is 12.0 Å². The normalized spacial score (nSPS) is 9.74. The van der Waals surface area contributed by atoms with Gasteiger partial charge in [-0.15, -0.1) is 0 Å². The summed E-state index contributed by atoms with van der Waals surface area (Å²) in [7, 11) is 4.47. The highest BCUT2D eigenvalue weighted by atomic mass is 16.5. The largest absolute Gasteiger partial charge is 0.493 e. The molecule has 23 heavy (non-hydrogen) atoms. The van der Waals surface area contributed by atoms with Crippen LogP contribution in [0.3, 0.4) is 0 Å². The molecule has 1 aromatic carbocycles. The van der Waals surface area contributed by atoms with E-state index < -0.39 is 6.03 Å². The van der Waals surface area contributed by atoms with Crippen LogP contribution in [0.4, 0.5) is 10.5 Å². The Morgan fingerprint density at radius 3 is 2.13 bits per heavy atom. The lowest BCUT2D eigenvalue weighted by Gasteiger charge is -2.14. The van der Waals surface area contributed by atoms with E-state index in [1.165, 1.54) is 21.3 Å². The minimum Gasteiger partial charge on any atom is -0.493 e. The third kappa shape index (κ3) is 5.57. The monoisotopic (exact) mass is 326 g/mol. The fraction of sp³-hybridized carbons (Fsp3) is 0.467. The van der Waals surface area contributed by atoms with Crippen molar-refractivity contribution in [2.45, 2.75) is 13.3 Å². The molecule has 0 aliphatic heterocycles. The summed E-state index contributed by atoms with van der Waals surface area (Å²) >= 11 is 0. The molecule has 1 rings (SSSR count). The Hall–Kier alpha value is -2.64.